The predicted octanol–water partition coefficient (Wildman–Crippen LogP) is 7.79. The number of fused-ring (bicyclic) bond motifs is 1. The van der Waals surface area contributed by atoms with Crippen LogP contribution in [0.2, 0.25) is 21.6 Å². The Morgan fingerprint density at radius 2 is 1.73 bits per heavy atom. The molecule has 0 bridgehead atoms. The van der Waals surface area contributed by atoms with Crippen molar-refractivity contribution in [2.45, 2.75) is 71.2 Å². The molecule has 9 heteroatoms. The Balaban J connectivity index is 1.92. The van der Waals surface area contributed by atoms with Crippen LogP contribution in [0.4, 0.5) is 10.1 Å². The summed E-state index contributed by atoms with van der Waals surface area (Å²) in [6, 6.07) is 6.22. The molecule has 5 nitrogen and oxygen atoms in total. The lowest BCUT2D eigenvalue weighted by Gasteiger charge is -2.43. The number of thiocarbonyl (C=S) groups is 1. The van der Waals surface area contributed by atoms with E-state index in [-0.39, 0.29) is 11.1 Å². The van der Waals surface area contributed by atoms with Gasteiger partial charge in [-0.3, -0.25) is 0 Å². The number of rotatable bonds is 8. The third kappa shape index (κ3) is 5.14. The van der Waals surface area contributed by atoms with Gasteiger partial charge in [0.25, 0.3) is 0 Å². The average molecular weight is 507 g/mol. The van der Waals surface area contributed by atoms with Gasteiger partial charge < -0.3 is 14.7 Å². The van der Waals surface area contributed by atoms with Gasteiger partial charge in [0.2, 0.25) is 8.32 Å². The molecule has 1 unspecified atom stereocenters. The van der Waals surface area contributed by atoms with Crippen molar-refractivity contribution in [3.05, 3.63) is 52.7 Å². The Morgan fingerprint density at radius 1 is 1.09 bits per heavy atom. The second-order valence-corrected chi connectivity index (χ2v) is 15.6. The van der Waals surface area contributed by atoms with Crippen molar-refractivity contribution in [2.75, 3.05) is 5.32 Å². The molecular formula is C24H32ClFN4OSSi. The number of benzene rings is 1. The molecule has 178 valence electrons. The summed E-state index contributed by atoms with van der Waals surface area (Å²) in [5.41, 5.74) is 4.08. The molecule has 0 saturated heterocycles. The van der Waals surface area contributed by atoms with E-state index in [9.17, 15) is 4.39 Å². The molecule has 33 heavy (non-hydrogen) atoms. The lowest BCUT2D eigenvalue weighted by molar-refractivity contribution is 0.187. The van der Waals surface area contributed by atoms with Gasteiger partial charge in [-0.2, -0.15) is 0 Å². The fourth-order valence-electron chi connectivity index (χ4n) is 4.85. The fraction of sp³-hybridized carbons (Fsp3) is 0.458. The number of hydrogen-bond acceptors (Lipinski definition) is 4. The number of anilines is 1. The zero-order valence-corrected chi connectivity index (χ0v) is 22.7. The van der Waals surface area contributed by atoms with Crippen LogP contribution >= 0.6 is 23.8 Å². The van der Waals surface area contributed by atoms with E-state index in [1.54, 1.807) is 12.3 Å². The second-order valence-electron chi connectivity index (χ2n) is 9.34. The number of imidazole rings is 1. The lowest BCUT2D eigenvalue weighted by Crippen LogP contribution is -2.48. The topological polar surface area (TPSA) is 62.8 Å². The molecule has 0 fully saturated rings. The van der Waals surface area contributed by atoms with Crippen molar-refractivity contribution in [1.82, 2.24) is 15.0 Å². The molecule has 0 radical (unpaired) electrons. The van der Waals surface area contributed by atoms with Gasteiger partial charge in [0.1, 0.15) is 22.7 Å². The van der Waals surface area contributed by atoms with Gasteiger partial charge >= 0.3 is 0 Å². The lowest BCUT2D eigenvalue weighted by atomic mass is 10.2. The highest BCUT2D eigenvalue weighted by Gasteiger charge is 2.46. The molecule has 3 aromatic rings. The first-order valence-corrected chi connectivity index (χ1v) is 14.2. The highest BCUT2D eigenvalue weighted by atomic mass is 35.5. The number of pyridine rings is 1. The van der Waals surface area contributed by atoms with E-state index in [0.29, 0.717) is 32.9 Å². The van der Waals surface area contributed by atoms with Gasteiger partial charge in [0.15, 0.2) is 5.65 Å². The largest absolute Gasteiger partial charge is 0.406 e. The van der Waals surface area contributed by atoms with E-state index >= 15 is 0 Å². The Hall–Kier alpha value is -1.87. The molecule has 0 saturated carbocycles. The average Bonchev–Trinajstić information content (AvgIpc) is 3.18. The zero-order valence-electron chi connectivity index (χ0n) is 20.2. The van der Waals surface area contributed by atoms with Gasteiger partial charge in [0.05, 0.1) is 10.5 Å². The summed E-state index contributed by atoms with van der Waals surface area (Å²) in [6.45, 7) is 15.6. The molecule has 0 spiro atoms. The second kappa shape index (κ2) is 10.2. The molecule has 3 rings (SSSR count). The van der Waals surface area contributed by atoms with E-state index in [1.807, 2.05) is 13.0 Å². The smallest absolute Gasteiger partial charge is 0.201 e. The van der Waals surface area contributed by atoms with Crippen LogP contribution < -0.4 is 5.32 Å². The van der Waals surface area contributed by atoms with Crippen molar-refractivity contribution in [3.8, 4) is 0 Å². The Bertz CT molecular complexity index is 1130. The number of nitrogens with zero attached hydrogens (tertiary/aromatic N) is 2. The first-order valence-electron chi connectivity index (χ1n) is 11.3. The third-order valence-corrected chi connectivity index (χ3v) is 13.1. The molecule has 1 aromatic carbocycles. The first-order chi connectivity index (χ1) is 15.5. The molecule has 0 aliphatic carbocycles. The third-order valence-electron chi connectivity index (χ3n) is 6.31. The minimum Gasteiger partial charge on any atom is -0.406 e. The molecule has 2 heterocycles. The van der Waals surface area contributed by atoms with Crippen LogP contribution in [0.15, 0.2) is 30.5 Å². The van der Waals surface area contributed by atoms with E-state index in [0.717, 1.165) is 16.9 Å². The first kappa shape index (κ1) is 25.7. The van der Waals surface area contributed by atoms with E-state index in [1.165, 1.54) is 12.1 Å². The standard InChI is InChI=1S/C24H32ClFN4OSSi/c1-13(2)33(14(3)4,15(5)6)31-16(7)22-29-21-18(10-11-27-23(21)30-22)24(32)28-17-8-9-20(26)19(25)12-17/h8-16H,1-7H3,(H,28,32)(H,27,29,30). The summed E-state index contributed by atoms with van der Waals surface area (Å²) in [7, 11) is -2.08. The van der Waals surface area contributed by atoms with Crippen LogP contribution in [0.25, 0.3) is 11.2 Å². The van der Waals surface area contributed by atoms with Crippen LogP contribution in [0.1, 0.15) is 66.0 Å². The Labute approximate surface area is 206 Å². The highest BCUT2D eigenvalue weighted by molar-refractivity contribution is 7.81. The maximum atomic E-state index is 13.5. The molecule has 2 N–H and O–H groups in total. The number of hydrogen-bond donors (Lipinski definition) is 2. The molecule has 0 amide bonds. The SMILES string of the molecule is CC(O[Si](C(C)C)(C(C)C)C(C)C)c1nc2nccc(C(=S)Nc3ccc(F)c(Cl)c3)c2[nH]1. The van der Waals surface area contributed by atoms with Crippen molar-refractivity contribution >= 4 is 54.0 Å². The monoisotopic (exact) mass is 506 g/mol. The number of nitrogens with one attached hydrogen (secondary N) is 2. The maximum absolute atomic E-state index is 13.5. The normalized spacial score (nSPS) is 13.3. The molecule has 0 aliphatic rings. The van der Waals surface area contributed by atoms with Crippen molar-refractivity contribution in [1.29, 1.82) is 0 Å². The summed E-state index contributed by atoms with van der Waals surface area (Å²) < 4.78 is 20.4. The van der Waals surface area contributed by atoms with Crippen LogP contribution in [0.5, 0.6) is 0 Å². The Morgan fingerprint density at radius 3 is 2.30 bits per heavy atom. The van der Waals surface area contributed by atoms with Crippen LogP contribution in [0, 0.1) is 5.82 Å². The number of aromatic nitrogens is 3. The van der Waals surface area contributed by atoms with Gasteiger partial charge in [-0.1, -0.05) is 65.4 Å². The quantitative estimate of drug-likeness (QED) is 0.241. The summed E-state index contributed by atoms with van der Waals surface area (Å²) in [4.78, 5) is 13.0. The van der Waals surface area contributed by atoms with Gasteiger partial charge in [0, 0.05) is 17.4 Å². The van der Waals surface area contributed by atoms with Gasteiger partial charge in [-0.15, -0.1) is 0 Å². The summed E-state index contributed by atoms with van der Waals surface area (Å²) in [5.74, 6) is 0.256. The molecule has 0 aliphatic heterocycles. The fourth-order valence-corrected chi connectivity index (χ4v) is 10.9. The summed E-state index contributed by atoms with van der Waals surface area (Å²) >= 11 is 11.5. The molecule has 1 atom stereocenters. The summed E-state index contributed by atoms with van der Waals surface area (Å²) in [5, 5.41) is 3.15. The number of H-pyrrole nitrogens is 1. The van der Waals surface area contributed by atoms with Crippen LogP contribution in [-0.4, -0.2) is 28.3 Å². The van der Waals surface area contributed by atoms with E-state index < -0.39 is 14.1 Å². The molecule has 2 aromatic heterocycles. The predicted molar refractivity (Wildman–Crippen MR) is 141 cm³/mol. The Kier molecular flexibility index (Phi) is 7.94. The van der Waals surface area contributed by atoms with Crippen molar-refractivity contribution < 1.29 is 8.82 Å². The van der Waals surface area contributed by atoms with Crippen molar-refractivity contribution in [3.63, 3.8) is 0 Å². The molecular weight excluding hydrogens is 475 g/mol. The van der Waals surface area contributed by atoms with Crippen LogP contribution in [0.3, 0.4) is 0 Å². The minimum atomic E-state index is -2.08. The number of halogens is 2. The van der Waals surface area contributed by atoms with E-state index in [2.05, 4.69) is 56.8 Å². The van der Waals surface area contributed by atoms with Crippen molar-refractivity contribution in [2.24, 2.45) is 0 Å². The van der Waals surface area contributed by atoms with Gasteiger partial charge in [-0.25, -0.2) is 14.4 Å². The van der Waals surface area contributed by atoms with Gasteiger partial charge in [-0.05, 0) is 47.8 Å². The maximum Gasteiger partial charge on any atom is 0.201 e. The zero-order chi connectivity index (χ0) is 24.5. The van der Waals surface area contributed by atoms with Crippen LogP contribution in [-0.2, 0) is 4.43 Å². The summed E-state index contributed by atoms with van der Waals surface area (Å²) in [6.07, 6.45) is 1.47. The number of aromatic amines is 1. The van der Waals surface area contributed by atoms with E-state index in [4.69, 9.17) is 33.2 Å². The minimum absolute atomic E-state index is 0.0329. The highest BCUT2D eigenvalue weighted by Crippen LogP contribution is 2.44.